The summed E-state index contributed by atoms with van der Waals surface area (Å²) in [5.74, 6) is -1.70. The molecule has 1 atom stereocenters. The molecule has 2 aromatic carbocycles. The van der Waals surface area contributed by atoms with Gasteiger partial charge in [-0.2, -0.15) is 0 Å². The summed E-state index contributed by atoms with van der Waals surface area (Å²) in [5.41, 5.74) is 6.72. The second-order valence-corrected chi connectivity index (χ2v) is 4.80. The Morgan fingerprint density at radius 2 is 1.71 bits per heavy atom. The van der Waals surface area contributed by atoms with Crippen LogP contribution in [0.3, 0.4) is 0 Å². The summed E-state index contributed by atoms with van der Waals surface area (Å²) in [5, 5.41) is 12.0. The molecule has 0 unspecified atom stereocenters. The number of nitrogens with one attached hydrogen (secondary N) is 1. The van der Waals surface area contributed by atoms with Crippen LogP contribution in [-0.2, 0) is 4.79 Å². The fourth-order valence-corrected chi connectivity index (χ4v) is 2.08. The number of carbonyl (C=O) groups excluding carboxylic acids is 1. The summed E-state index contributed by atoms with van der Waals surface area (Å²) in [6, 6.07) is 11.4. The Bertz CT molecular complexity index is 671. The van der Waals surface area contributed by atoms with Crippen molar-refractivity contribution in [2.45, 2.75) is 6.04 Å². The van der Waals surface area contributed by atoms with E-state index in [9.17, 15) is 14.7 Å². The average molecular weight is 305 g/mol. The van der Waals surface area contributed by atoms with Gasteiger partial charge in [0, 0.05) is 21.8 Å². The Kier molecular flexibility index (Phi) is 4.45. The molecule has 0 aliphatic heterocycles. The van der Waals surface area contributed by atoms with Crippen molar-refractivity contribution in [3.8, 4) is 0 Å². The second-order valence-electron chi connectivity index (χ2n) is 4.39. The third kappa shape index (κ3) is 3.52. The predicted molar refractivity (Wildman–Crippen MR) is 80.1 cm³/mol. The van der Waals surface area contributed by atoms with E-state index in [2.05, 4.69) is 5.32 Å². The highest BCUT2D eigenvalue weighted by molar-refractivity contribution is 6.31. The Morgan fingerprint density at radius 3 is 2.29 bits per heavy atom. The molecule has 1 amide bonds. The van der Waals surface area contributed by atoms with Crippen molar-refractivity contribution in [2.24, 2.45) is 0 Å². The molecule has 0 spiro atoms. The second kappa shape index (κ2) is 6.28. The Morgan fingerprint density at radius 1 is 1.10 bits per heavy atom. The molecule has 6 heteroatoms. The molecule has 0 bridgehead atoms. The van der Waals surface area contributed by atoms with Crippen LogP contribution in [0.5, 0.6) is 0 Å². The Balaban J connectivity index is 2.25. The number of nitrogens with two attached hydrogens (primary N) is 1. The van der Waals surface area contributed by atoms with Crippen LogP contribution in [0.4, 0.5) is 5.69 Å². The normalized spacial score (nSPS) is 11.7. The number of benzene rings is 2. The standard InChI is InChI=1S/C15H13ClN2O3/c16-12-4-2-1-3-11(12)13(15(20)21)18-14(19)9-5-7-10(17)8-6-9/h1-8,13H,17H2,(H,18,19)(H,20,21)/t13-/m1/s1. The van der Waals surface area contributed by atoms with E-state index in [0.717, 1.165) is 0 Å². The van der Waals surface area contributed by atoms with E-state index in [1.807, 2.05) is 0 Å². The maximum atomic E-state index is 12.1. The van der Waals surface area contributed by atoms with Crippen molar-refractivity contribution < 1.29 is 14.7 Å². The highest BCUT2D eigenvalue weighted by Gasteiger charge is 2.24. The summed E-state index contributed by atoms with van der Waals surface area (Å²) in [7, 11) is 0. The summed E-state index contributed by atoms with van der Waals surface area (Å²) in [6.45, 7) is 0. The molecular weight excluding hydrogens is 292 g/mol. The zero-order valence-electron chi connectivity index (χ0n) is 10.9. The van der Waals surface area contributed by atoms with E-state index in [0.29, 0.717) is 16.8 Å². The highest BCUT2D eigenvalue weighted by atomic mass is 35.5. The molecule has 21 heavy (non-hydrogen) atoms. The lowest BCUT2D eigenvalue weighted by atomic mass is 10.1. The number of carboxylic acid groups (broad SMARTS) is 1. The van der Waals surface area contributed by atoms with Crippen molar-refractivity contribution >= 4 is 29.2 Å². The molecule has 0 heterocycles. The van der Waals surface area contributed by atoms with Crippen LogP contribution in [-0.4, -0.2) is 17.0 Å². The number of hydrogen-bond acceptors (Lipinski definition) is 3. The van der Waals surface area contributed by atoms with E-state index >= 15 is 0 Å². The van der Waals surface area contributed by atoms with E-state index < -0.39 is 17.9 Å². The smallest absolute Gasteiger partial charge is 0.330 e. The molecular formula is C15H13ClN2O3. The lowest BCUT2D eigenvalue weighted by molar-refractivity contribution is -0.139. The van der Waals surface area contributed by atoms with Crippen LogP contribution in [0.15, 0.2) is 48.5 Å². The van der Waals surface area contributed by atoms with Crippen molar-refractivity contribution in [3.05, 3.63) is 64.7 Å². The van der Waals surface area contributed by atoms with Crippen LogP contribution in [0, 0.1) is 0 Å². The van der Waals surface area contributed by atoms with E-state index in [-0.39, 0.29) is 5.02 Å². The number of aliphatic carboxylic acids is 1. The molecule has 2 rings (SSSR count). The monoisotopic (exact) mass is 304 g/mol. The summed E-state index contributed by atoms with van der Waals surface area (Å²) >= 11 is 5.98. The fourth-order valence-electron chi connectivity index (χ4n) is 1.83. The maximum Gasteiger partial charge on any atom is 0.330 e. The SMILES string of the molecule is Nc1ccc(C(=O)N[C@@H](C(=O)O)c2ccccc2Cl)cc1. The molecule has 108 valence electrons. The number of rotatable bonds is 4. The van der Waals surface area contributed by atoms with Crippen LogP contribution >= 0.6 is 11.6 Å². The van der Waals surface area contributed by atoms with Crippen LogP contribution in [0.25, 0.3) is 0 Å². The molecule has 0 aliphatic carbocycles. The third-order valence-electron chi connectivity index (χ3n) is 2.91. The van der Waals surface area contributed by atoms with Gasteiger partial charge in [0.1, 0.15) is 0 Å². The predicted octanol–water partition coefficient (Wildman–Crippen LogP) is 2.48. The molecule has 0 saturated heterocycles. The average Bonchev–Trinajstić information content (AvgIpc) is 2.46. The molecule has 0 fully saturated rings. The quantitative estimate of drug-likeness (QED) is 0.757. The summed E-state index contributed by atoms with van der Waals surface area (Å²) in [6.07, 6.45) is 0. The number of carboxylic acids is 1. The van der Waals surface area contributed by atoms with Crippen LogP contribution in [0.2, 0.25) is 5.02 Å². The van der Waals surface area contributed by atoms with Gasteiger partial charge in [-0.1, -0.05) is 29.8 Å². The van der Waals surface area contributed by atoms with E-state index in [4.69, 9.17) is 17.3 Å². The van der Waals surface area contributed by atoms with Crippen molar-refractivity contribution in [2.75, 3.05) is 5.73 Å². The molecule has 0 saturated carbocycles. The van der Waals surface area contributed by atoms with Gasteiger partial charge in [0.05, 0.1) is 0 Å². The summed E-state index contributed by atoms with van der Waals surface area (Å²) < 4.78 is 0. The minimum absolute atomic E-state index is 0.280. The largest absolute Gasteiger partial charge is 0.479 e. The van der Waals surface area contributed by atoms with Gasteiger partial charge in [0.2, 0.25) is 0 Å². The first-order valence-corrected chi connectivity index (χ1v) is 6.50. The van der Waals surface area contributed by atoms with E-state index in [1.54, 1.807) is 36.4 Å². The van der Waals surface area contributed by atoms with Gasteiger partial charge in [0.25, 0.3) is 5.91 Å². The molecule has 2 aromatic rings. The Labute approximate surface area is 126 Å². The lowest BCUT2D eigenvalue weighted by Crippen LogP contribution is -2.33. The van der Waals surface area contributed by atoms with Crippen molar-refractivity contribution in [3.63, 3.8) is 0 Å². The van der Waals surface area contributed by atoms with Gasteiger partial charge in [-0.3, -0.25) is 4.79 Å². The first-order chi connectivity index (χ1) is 9.99. The van der Waals surface area contributed by atoms with Gasteiger partial charge in [-0.25, -0.2) is 4.79 Å². The van der Waals surface area contributed by atoms with Crippen LogP contribution in [0.1, 0.15) is 22.0 Å². The van der Waals surface area contributed by atoms with Gasteiger partial charge in [-0.15, -0.1) is 0 Å². The van der Waals surface area contributed by atoms with E-state index in [1.165, 1.54) is 12.1 Å². The lowest BCUT2D eigenvalue weighted by Gasteiger charge is -2.16. The minimum atomic E-state index is -1.22. The minimum Gasteiger partial charge on any atom is -0.479 e. The fraction of sp³-hybridized carbons (Fsp3) is 0.0667. The molecule has 5 nitrogen and oxygen atoms in total. The van der Waals surface area contributed by atoms with Gasteiger partial charge < -0.3 is 16.2 Å². The van der Waals surface area contributed by atoms with Gasteiger partial charge in [0.15, 0.2) is 6.04 Å². The first kappa shape index (κ1) is 14.9. The number of hydrogen-bond donors (Lipinski definition) is 3. The zero-order valence-corrected chi connectivity index (χ0v) is 11.7. The first-order valence-electron chi connectivity index (χ1n) is 6.12. The third-order valence-corrected chi connectivity index (χ3v) is 3.26. The van der Waals surface area contributed by atoms with Crippen LogP contribution < -0.4 is 11.1 Å². The van der Waals surface area contributed by atoms with Gasteiger partial charge >= 0.3 is 5.97 Å². The van der Waals surface area contributed by atoms with Crippen molar-refractivity contribution in [1.82, 2.24) is 5.32 Å². The van der Waals surface area contributed by atoms with Crippen molar-refractivity contribution in [1.29, 1.82) is 0 Å². The number of carbonyl (C=O) groups is 2. The highest BCUT2D eigenvalue weighted by Crippen LogP contribution is 2.23. The molecule has 4 N–H and O–H groups in total. The number of anilines is 1. The zero-order chi connectivity index (χ0) is 15.4. The summed E-state index contributed by atoms with van der Waals surface area (Å²) in [4.78, 5) is 23.5. The number of nitrogen functional groups attached to an aromatic ring is 1. The Hall–Kier alpha value is -2.53. The molecule has 0 radical (unpaired) electrons. The molecule has 0 aromatic heterocycles. The maximum absolute atomic E-state index is 12.1. The topological polar surface area (TPSA) is 92.4 Å². The number of halogens is 1. The number of amides is 1. The van der Waals surface area contributed by atoms with Gasteiger partial charge in [-0.05, 0) is 30.3 Å². The molecule has 0 aliphatic rings.